The van der Waals surface area contributed by atoms with Gasteiger partial charge in [0.1, 0.15) is 11.8 Å². The molecule has 5 rings (SSSR count). The van der Waals surface area contributed by atoms with E-state index in [1.165, 1.54) is 0 Å². The summed E-state index contributed by atoms with van der Waals surface area (Å²) in [6, 6.07) is 6.55. The van der Waals surface area contributed by atoms with Crippen LogP contribution in [-0.2, 0) is 20.7 Å². The van der Waals surface area contributed by atoms with Gasteiger partial charge in [0, 0.05) is 34.6 Å². The van der Waals surface area contributed by atoms with Crippen LogP contribution < -0.4 is 5.32 Å². The van der Waals surface area contributed by atoms with Gasteiger partial charge in [0.25, 0.3) is 0 Å². The van der Waals surface area contributed by atoms with Crippen LogP contribution in [-0.4, -0.2) is 63.1 Å². The number of H-pyrrole nitrogens is 1. The second kappa shape index (κ2) is 9.07. The number of aromatic amines is 1. The van der Waals surface area contributed by atoms with Crippen LogP contribution in [0.1, 0.15) is 25.3 Å². The number of morpholine rings is 1. The Bertz CT molecular complexity index is 1430. The molecular formula is C25H26ClN5O4. The van der Waals surface area contributed by atoms with Gasteiger partial charge in [-0.15, -0.1) is 0 Å². The summed E-state index contributed by atoms with van der Waals surface area (Å²) in [7, 11) is 0. The van der Waals surface area contributed by atoms with E-state index in [-0.39, 0.29) is 31.3 Å². The van der Waals surface area contributed by atoms with Crippen LogP contribution in [0.2, 0.25) is 5.02 Å². The number of hydrogen-bond acceptors (Lipinski definition) is 7. The number of pyridine rings is 1. The maximum absolute atomic E-state index is 13.5. The van der Waals surface area contributed by atoms with Crippen molar-refractivity contribution in [3.8, 4) is 0 Å². The average Bonchev–Trinajstić information content (AvgIpc) is 3.36. The highest BCUT2D eigenvalue weighted by Crippen LogP contribution is 2.33. The molecule has 4 heterocycles. The number of anilines is 1. The lowest BCUT2D eigenvalue weighted by atomic mass is 10.0. The fourth-order valence-electron chi connectivity index (χ4n) is 4.57. The average molecular weight is 496 g/mol. The number of fused-ring (bicyclic) bond motifs is 3. The topological polar surface area (TPSA) is 113 Å². The Balaban J connectivity index is 1.39. The normalized spacial score (nSPS) is 18.2. The minimum atomic E-state index is -0.650. The number of carbonyl (C=O) groups is 2. The number of halogens is 1. The molecule has 0 bridgehead atoms. The first-order chi connectivity index (χ1) is 16.7. The summed E-state index contributed by atoms with van der Waals surface area (Å²) in [4.78, 5) is 35.6. The molecule has 1 aliphatic heterocycles. The number of nitrogens with zero attached hydrogens (tertiary/aromatic N) is 3. The van der Waals surface area contributed by atoms with E-state index in [2.05, 4.69) is 20.4 Å². The van der Waals surface area contributed by atoms with Gasteiger partial charge in [-0.3, -0.25) is 19.5 Å². The summed E-state index contributed by atoms with van der Waals surface area (Å²) in [5.41, 5.74) is 2.39. The van der Waals surface area contributed by atoms with Gasteiger partial charge in [-0.05, 0) is 39.0 Å². The molecule has 4 aromatic rings. The fourth-order valence-corrected chi connectivity index (χ4v) is 4.79. The van der Waals surface area contributed by atoms with E-state index in [4.69, 9.17) is 20.9 Å². The molecular weight excluding hydrogens is 470 g/mol. The highest BCUT2D eigenvalue weighted by atomic mass is 35.5. The van der Waals surface area contributed by atoms with Crippen molar-refractivity contribution in [3.63, 3.8) is 0 Å². The Morgan fingerprint density at radius 1 is 1.29 bits per heavy atom. The third-order valence-corrected chi connectivity index (χ3v) is 6.34. The zero-order valence-corrected chi connectivity index (χ0v) is 20.5. The molecule has 0 spiro atoms. The van der Waals surface area contributed by atoms with Crippen LogP contribution in [0, 0.1) is 6.92 Å². The van der Waals surface area contributed by atoms with Crippen LogP contribution >= 0.6 is 11.6 Å². The molecule has 0 saturated carbocycles. The van der Waals surface area contributed by atoms with E-state index in [0.29, 0.717) is 23.0 Å². The zero-order chi connectivity index (χ0) is 24.7. The minimum absolute atomic E-state index is 0.0649. The second-order valence-electron chi connectivity index (χ2n) is 9.55. The molecule has 1 aliphatic rings. The van der Waals surface area contributed by atoms with Crippen molar-refractivity contribution in [2.45, 2.75) is 38.8 Å². The van der Waals surface area contributed by atoms with Gasteiger partial charge in [0.2, 0.25) is 5.91 Å². The van der Waals surface area contributed by atoms with Crippen molar-refractivity contribution in [3.05, 3.63) is 53.1 Å². The van der Waals surface area contributed by atoms with Crippen LogP contribution in [0.15, 0.2) is 41.2 Å². The summed E-state index contributed by atoms with van der Waals surface area (Å²) < 4.78 is 11.1. The summed E-state index contributed by atoms with van der Waals surface area (Å²) in [6.07, 6.45) is 3.56. The minimum Gasteiger partial charge on any atom is -0.372 e. The lowest BCUT2D eigenvalue weighted by Crippen LogP contribution is -2.59. The Kier molecular flexibility index (Phi) is 6.08. The third kappa shape index (κ3) is 4.93. The Morgan fingerprint density at radius 3 is 2.89 bits per heavy atom. The SMILES string of the molecule is Cc1cc(CC(=O)CN2CC(C)(C)OC[C@H]2C(=O)Nc2cc(Cl)cc3c2[nH]c2cnccc23)on1. The monoisotopic (exact) mass is 495 g/mol. The highest BCUT2D eigenvalue weighted by Gasteiger charge is 2.38. The first kappa shape index (κ1) is 23.5. The molecule has 1 fully saturated rings. The predicted molar refractivity (Wildman–Crippen MR) is 133 cm³/mol. The van der Waals surface area contributed by atoms with Crippen LogP contribution in [0.4, 0.5) is 5.69 Å². The van der Waals surface area contributed by atoms with Gasteiger partial charge in [0.05, 0.1) is 53.8 Å². The van der Waals surface area contributed by atoms with Gasteiger partial charge in [0.15, 0.2) is 5.78 Å². The zero-order valence-electron chi connectivity index (χ0n) is 19.7. The number of benzene rings is 1. The van der Waals surface area contributed by atoms with E-state index >= 15 is 0 Å². The summed E-state index contributed by atoms with van der Waals surface area (Å²) in [6.45, 7) is 6.37. The Hall–Kier alpha value is -3.27. The van der Waals surface area contributed by atoms with Gasteiger partial charge >= 0.3 is 0 Å². The predicted octanol–water partition coefficient (Wildman–Crippen LogP) is 3.90. The van der Waals surface area contributed by atoms with E-state index in [9.17, 15) is 9.59 Å². The van der Waals surface area contributed by atoms with Gasteiger partial charge in [-0.1, -0.05) is 16.8 Å². The molecule has 1 amide bonds. The molecule has 182 valence electrons. The lowest BCUT2D eigenvalue weighted by Gasteiger charge is -2.42. The van der Waals surface area contributed by atoms with E-state index in [0.717, 1.165) is 27.5 Å². The number of Topliss-reactive ketones (excluding diaryl/α,β-unsaturated/α-hetero) is 1. The van der Waals surface area contributed by atoms with Crippen molar-refractivity contribution in [2.24, 2.45) is 0 Å². The maximum atomic E-state index is 13.5. The van der Waals surface area contributed by atoms with E-state index in [1.807, 2.05) is 30.9 Å². The molecule has 1 saturated heterocycles. The summed E-state index contributed by atoms with van der Waals surface area (Å²) in [5.74, 6) is 0.171. The number of nitrogens with one attached hydrogen (secondary N) is 2. The molecule has 2 N–H and O–H groups in total. The maximum Gasteiger partial charge on any atom is 0.244 e. The molecule has 1 aromatic carbocycles. The van der Waals surface area contributed by atoms with Crippen LogP contribution in [0.25, 0.3) is 21.8 Å². The quantitative estimate of drug-likeness (QED) is 0.417. The number of hydrogen-bond donors (Lipinski definition) is 2. The molecule has 0 unspecified atom stereocenters. The number of amides is 1. The number of aryl methyl sites for hydroxylation is 1. The largest absolute Gasteiger partial charge is 0.372 e. The standard InChI is InChI=1S/C25H26ClN5O4/c1-14-6-17(35-30-14)9-16(32)11-31-13-25(2,3)34-12-22(31)24(33)29-20-8-15(26)7-19-18-4-5-27-10-21(18)28-23(19)20/h4-8,10,22,28H,9,11-13H2,1-3H3,(H,29,33)/t22-/m0/s1. The number of carbonyl (C=O) groups excluding carboxylic acids is 2. The summed E-state index contributed by atoms with van der Waals surface area (Å²) >= 11 is 6.39. The van der Waals surface area contributed by atoms with Crippen molar-refractivity contribution in [1.82, 2.24) is 20.0 Å². The summed E-state index contributed by atoms with van der Waals surface area (Å²) in [5, 5.41) is 9.19. The van der Waals surface area contributed by atoms with E-state index in [1.54, 1.807) is 31.5 Å². The second-order valence-corrected chi connectivity index (χ2v) is 9.99. The van der Waals surface area contributed by atoms with Crippen molar-refractivity contribution in [1.29, 1.82) is 0 Å². The smallest absolute Gasteiger partial charge is 0.244 e. The van der Waals surface area contributed by atoms with Crippen LogP contribution in [0.5, 0.6) is 0 Å². The van der Waals surface area contributed by atoms with Gasteiger partial charge in [-0.2, -0.15) is 0 Å². The molecule has 0 radical (unpaired) electrons. The van der Waals surface area contributed by atoms with Gasteiger partial charge in [-0.25, -0.2) is 0 Å². The fraction of sp³-hybridized carbons (Fsp3) is 0.360. The van der Waals surface area contributed by atoms with Crippen molar-refractivity contribution in [2.75, 3.05) is 25.0 Å². The third-order valence-electron chi connectivity index (χ3n) is 6.12. The molecule has 9 nitrogen and oxygen atoms in total. The van der Waals surface area contributed by atoms with Crippen LogP contribution in [0.3, 0.4) is 0 Å². The molecule has 10 heteroatoms. The van der Waals surface area contributed by atoms with Crippen molar-refractivity contribution >= 4 is 50.8 Å². The number of ketones is 1. The number of rotatable bonds is 6. The first-order valence-corrected chi connectivity index (χ1v) is 11.7. The molecule has 35 heavy (non-hydrogen) atoms. The number of ether oxygens (including phenoxy) is 1. The highest BCUT2D eigenvalue weighted by molar-refractivity contribution is 6.33. The number of aromatic nitrogens is 3. The van der Waals surface area contributed by atoms with Gasteiger partial charge < -0.3 is 19.6 Å². The Morgan fingerprint density at radius 2 is 2.11 bits per heavy atom. The Labute approximate surface area is 206 Å². The van der Waals surface area contributed by atoms with E-state index < -0.39 is 11.6 Å². The lowest BCUT2D eigenvalue weighted by molar-refractivity contribution is -0.146. The van der Waals surface area contributed by atoms with Crippen molar-refractivity contribution < 1.29 is 18.8 Å². The first-order valence-electron chi connectivity index (χ1n) is 11.4. The molecule has 3 aromatic heterocycles. The molecule has 1 atom stereocenters. The molecule has 0 aliphatic carbocycles.